The van der Waals surface area contributed by atoms with Gasteiger partial charge in [-0.2, -0.15) is 0 Å². The number of fused-ring (bicyclic) bond motifs is 1. The first-order valence-electron chi connectivity index (χ1n) is 8.28. The van der Waals surface area contributed by atoms with Crippen molar-refractivity contribution in [3.63, 3.8) is 0 Å². The van der Waals surface area contributed by atoms with Crippen molar-refractivity contribution in [1.82, 2.24) is 10.4 Å². The van der Waals surface area contributed by atoms with Crippen LogP contribution in [0.25, 0.3) is 0 Å². The van der Waals surface area contributed by atoms with Gasteiger partial charge in [-0.15, -0.1) is 0 Å². The van der Waals surface area contributed by atoms with Gasteiger partial charge in [0.25, 0.3) is 0 Å². The summed E-state index contributed by atoms with van der Waals surface area (Å²) in [5.74, 6) is -5.64. The van der Waals surface area contributed by atoms with E-state index in [4.69, 9.17) is 23.7 Å². The molecule has 3 heterocycles. The van der Waals surface area contributed by atoms with Crippen LogP contribution in [0.15, 0.2) is 10.8 Å². The molecule has 0 radical (unpaired) electrons. The number of methoxy groups -OCH3 is 4. The Bertz CT molecular complexity index is 822. The number of rotatable bonds is 5. The molecule has 0 saturated carbocycles. The molecule has 2 fully saturated rings. The van der Waals surface area contributed by atoms with E-state index < -0.39 is 54.0 Å². The van der Waals surface area contributed by atoms with Crippen molar-refractivity contribution in [3.05, 3.63) is 17.5 Å². The molecule has 0 unspecified atom stereocenters. The Morgan fingerprint density at radius 3 is 2.07 bits per heavy atom. The fourth-order valence-electron chi connectivity index (χ4n) is 3.45. The van der Waals surface area contributed by atoms with Crippen LogP contribution in [0.5, 0.6) is 0 Å². The van der Waals surface area contributed by atoms with Gasteiger partial charge in [0.05, 0.1) is 40.4 Å². The average molecular weight is 414 g/mol. The highest BCUT2D eigenvalue weighted by Gasteiger charge is 2.64. The number of hydrogen-bond donors (Lipinski definition) is 0. The van der Waals surface area contributed by atoms with Gasteiger partial charge in [0.2, 0.25) is 0 Å². The molecule has 1 aromatic rings. The van der Waals surface area contributed by atoms with E-state index in [1.807, 2.05) is 0 Å². The third kappa shape index (κ3) is 3.32. The quantitative estimate of drug-likeness (QED) is 0.427. The van der Waals surface area contributed by atoms with Crippen molar-refractivity contribution in [2.24, 2.45) is 5.92 Å². The fourth-order valence-corrected chi connectivity index (χ4v) is 3.45. The first-order valence-corrected chi connectivity index (χ1v) is 8.28. The number of nitrogens with zero attached hydrogens (tertiary/aromatic N) is 2. The third-order valence-electron chi connectivity index (χ3n) is 4.74. The van der Waals surface area contributed by atoms with E-state index in [1.165, 1.54) is 0 Å². The molecule has 2 saturated heterocycles. The van der Waals surface area contributed by atoms with E-state index in [2.05, 4.69) is 14.6 Å². The van der Waals surface area contributed by atoms with Gasteiger partial charge in [0, 0.05) is 5.56 Å². The molecule has 0 aromatic carbocycles. The zero-order chi connectivity index (χ0) is 21.3. The smallest absolute Gasteiger partial charge is 0.360 e. The maximum absolute atomic E-state index is 12.5. The summed E-state index contributed by atoms with van der Waals surface area (Å²) >= 11 is 0. The summed E-state index contributed by atoms with van der Waals surface area (Å²) in [6.07, 6.45) is -1.63. The zero-order valence-corrected chi connectivity index (χ0v) is 15.8. The van der Waals surface area contributed by atoms with E-state index in [9.17, 15) is 19.2 Å². The average Bonchev–Trinajstić information content (AvgIpc) is 3.44. The highest BCUT2D eigenvalue weighted by molar-refractivity contribution is 5.90. The molecular formula is C16H18N2O11. The number of carbonyl (C=O) groups excluding carboxylic acids is 4. The topological polar surface area (TPSA) is 153 Å². The Kier molecular flexibility index (Phi) is 5.81. The Morgan fingerprint density at radius 2 is 1.48 bits per heavy atom. The van der Waals surface area contributed by atoms with Crippen molar-refractivity contribution in [1.29, 1.82) is 0 Å². The Labute approximate surface area is 163 Å². The van der Waals surface area contributed by atoms with Crippen LogP contribution in [-0.4, -0.2) is 80.9 Å². The van der Waals surface area contributed by atoms with E-state index in [1.54, 1.807) is 0 Å². The van der Waals surface area contributed by atoms with Crippen LogP contribution in [0, 0.1) is 5.92 Å². The van der Waals surface area contributed by atoms with E-state index >= 15 is 0 Å². The molecule has 1 aromatic heterocycles. The van der Waals surface area contributed by atoms with Crippen molar-refractivity contribution in [2.75, 3.05) is 28.4 Å². The van der Waals surface area contributed by atoms with E-state index in [0.717, 1.165) is 39.9 Å². The SMILES string of the molecule is COC(=O)c1nocc1[C@@H]1[C@H]2[C@H](C(=O)OC)[C@H](C(=O)OC)ON2O[C@@H]1C(=O)OC. The van der Waals surface area contributed by atoms with Crippen LogP contribution in [-0.2, 0) is 43.0 Å². The van der Waals surface area contributed by atoms with Gasteiger partial charge in [0.15, 0.2) is 17.9 Å². The van der Waals surface area contributed by atoms with Crippen LogP contribution >= 0.6 is 0 Å². The molecule has 13 heteroatoms. The van der Waals surface area contributed by atoms with Crippen LogP contribution in [0.4, 0.5) is 0 Å². The molecule has 158 valence electrons. The maximum atomic E-state index is 12.5. The first-order chi connectivity index (χ1) is 13.9. The van der Waals surface area contributed by atoms with Crippen molar-refractivity contribution < 1.29 is 52.3 Å². The Balaban J connectivity index is 2.10. The normalized spacial score (nSPS) is 28.5. The van der Waals surface area contributed by atoms with Crippen molar-refractivity contribution in [3.8, 4) is 0 Å². The number of carbonyl (C=O) groups is 4. The molecule has 13 nitrogen and oxygen atoms in total. The highest BCUT2D eigenvalue weighted by atomic mass is 17.0. The van der Waals surface area contributed by atoms with Crippen molar-refractivity contribution >= 4 is 23.9 Å². The van der Waals surface area contributed by atoms with Crippen LogP contribution in [0.2, 0.25) is 0 Å². The van der Waals surface area contributed by atoms with Gasteiger partial charge in [0.1, 0.15) is 12.2 Å². The molecule has 5 atom stereocenters. The Hall–Kier alpha value is -3.03. The van der Waals surface area contributed by atoms with Gasteiger partial charge in [-0.1, -0.05) is 10.4 Å². The maximum Gasteiger partial charge on any atom is 0.360 e. The fraction of sp³-hybridized carbons (Fsp3) is 0.562. The molecule has 2 aliphatic heterocycles. The van der Waals surface area contributed by atoms with Crippen LogP contribution in [0.1, 0.15) is 22.0 Å². The minimum atomic E-state index is -1.40. The molecule has 3 rings (SSSR count). The monoisotopic (exact) mass is 414 g/mol. The standard InChI is InChI=1S/C16H18N2O11/c1-23-13(19)8-10-7(6-5-27-17-9(6)14(20)24-2)11(15(21)25-3)28-18(10)29-12(8)16(22)26-4/h5,7-8,10-12H,1-4H3/t7-,8+,10+,11+,12-/m1/s1. The Morgan fingerprint density at radius 1 is 0.897 bits per heavy atom. The highest BCUT2D eigenvalue weighted by Crippen LogP contribution is 2.47. The summed E-state index contributed by atoms with van der Waals surface area (Å²) < 4.78 is 23.8. The molecule has 0 bridgehead atoms. The summed E-state index contributed by atoms with van der Waals surface area (Å²) in [6, 6.07) is -1.07. The molecule has 2 aliphatic rings. The first kappa shape index (κ1) is 20.7. The summed E-state index contributed by atoms with van der Waals surface area (Å²) in [5, 5.41) is 4.44. The van der Waals surface area contributed by atoms with Crippen LogP contribution < -0.4 is 0 Å². The largest absolute Gasteiger partial charge is 0.469 e. The number of hydroxylamine groups is 2. The molecular weight excluding hydrogens is 396 g/mol. The second-order valence-electron chi connectivity index (χ2n) is 6.06. The van der Waals surface area contributed by atoms with E-state index in [0.29, 0.717) is 0 Å². The summed E-state index contributed by atoms with van der Waals surface area (Å²) in [6.45, 7) is 0. The molecule has 0 N–H and O–H groups in total. The predicted molar refractivity (Wildman–Crippen MR) is 85.5 cm³/mol. The van der Waals surface area contributed by atoms with Gasteiger partial charge in [-0.05, 0) is 0 Å². The number of aromatic nitrogens is 1. The minimum absolute atomic E-state index is 0.0998. The molecule has 29 heavy (non-hydrogen) atoms. The molecule has 0 amide bonds. The van der Waals surface area contributed by atoms with Crippen LogP contribution in [0.3, 0.4) is 0 Å². The summed E-state index contributed by atoms with van der Waals surface area (Å²) in [5.41, 5.74) is -0.134. The molecule has 0 spiro atoms. The summed E-state index contributed by atoms with van der Waals surface area (Å²) in [4.78, 5) is 59.9. The van der Waals surface area contributed by atoms with Gasteiger partial charge in [-0.25, -0.2) is 14.4 Å². The van der Waals surface area contributed by atoms with Gasteiger partial charge in [-0.3, -0.25) is 14.5 Å². The summed E-state index contributed by atoms with van der Waals surface area (Å²) in [7, 11) is 4.52. The van der Waals surface area contributed by atoms with Gasteiger partial charge < -0.3 is 23.5 Å². The lowest BCUT2D eigenvalue weighted by molar-refractivity contribution is -0.350. The third-order valence-corrected chi connectivity index (χ3v) is 4.74. The predicted octanol–water partition coefficient (Wildman–Crippen LogP) is -1.02. The van der Waals surface area contributed by atoms with E-state index in [-0.39, 0.29) is 11.3 Å². The zero-order valence-electron chi connectivity index (χ0n) is 15.8. The lowest BCUT2D eigenvalue weighted by Gasteiger charge is -2.23. The van der Waals surface area contributed by atoms with Crippen molar-refractivity contribution in [2.45, 2.75) is 24.2 Å². The number of hydrogen-bond acceptors (Lipinski definition) is 13. The minimum Gasteiger partial charge on any atom is -0.469 e. The lowest BCUT2D eigenvalue weighted by atomic mass is 9.79. The number of esters is 4. The molecule has 0 aliphatic carbocycles. The number of ether oxygens (including phenoxy) is 4. The van der Waals surface area contributed by atoms with Gasteiger partial charge >= 0.3 is 23.9 Å². The lowest BCUT2D eigenvalue weighted by Crippen LogP contribution is -2.42. The second kappa shape index (κ2) is 8.14. The second-order valence-corrected chi connectivity index (χ2v) is 6.06.